The van der Waals surface area contributed by atoms with Crippen LogP contribution in [0.25, 0.3) is 0 Å². The van der Waals surface area contributed by atoms with Gasteiger partial charge in [0.1, 0.15) is 0 Å². The summed E-state index contributed by atoms with van der Waals surface area (Å²) in [7, 11) is 0. The van der Waals surface area contributed by atoms with E-state index in [1.807, 2.05) is 0 Å². The fourth-order valence-corrected chi connectivity index (χ4v) is 0. The first-order chi connectivity index (χ1) is 5.29. The van der Waals surface area contributed by atoms with Gasteiger partial charge in [0.2, 0.25) is 0 Å². The molecule has 0 aromatic rings. The Bertz CT molecular complexity index is 184. The summed E-state index contributed by atoms with van der Waals surface area (Å²) < 4.78 is 0. The molecule has 0 saturated carbocycles. The molecule has 0 heterocycles. The second kappa shape index (κ2) is 12.1. The van der Waals surface area contributed by atoms with Gasteiger partial charge in [0.25, 0.3) is 0 Å². The minimum Gasteiger partial charge on any atom is -1.00 e. The number of carbonyl (C=O) groups is 4. The van der Waals surface area contributed by atoms with Gasteiger partial charge in [-0.1, -0.05) is 0 Å². The van der Waals surface area contributed by atoms with Crippen LogP contribution in [0, 0.1) is 0 Å². The molecule has 8 nitrogen and oxygen atoms in total. The smallest absolute Gasteiger partial charge is 1.00 e. The second-order valence-electron chi connectivity index (χ2n) is 1.22. The summed E-state index contributed by atoms with van der Waals surface area (Å²) in [6.07, 6.45) is 0. The molecule has 0 bridgehead atoms. The quantitative estimate of drug-likeness (QED) is 0.220. The maximum Gasteiger partial charge on any atom is 1.00 e. The molecule has 0 unspecified atom stereocenters. The summed E-state index contributed by atoms with van der Waals surface area (Å²) >= 11 is 0. The van der Waals surface area contributed by atoms with Crippen LogP contribution in [0.1, 0.15) is 2.85 Å². The minimum atomic E-state index is -1.82. The van der Waals surface area contributed by atoms with E-state index in [-0.39, 0.29) is 40.6 Å². The fraction of sp³-hybridized carbons (Fsp3) is 0. The third kappa shape index (κ3) is 22.5. The Morgan fingerprint density at radius 2 is 0.643 bits per heavy atom. The fourth-order valence-electron chi connectivity index (χ4n) is 0. The van der Waals surface area contributed by atoms with Crippen molar-refractivity contribution in [2.24, 2.45) is 0 Å². The molecule has 10 heteroatoms. The molecule has 0 radical (unpaired) electrons. The summed E-state index contributed by atoms with van der Waals surface area (Å²) in [5.41, 5.74) is 0. The summed E-state index contributed by atoms with van der Waals surface area (Å²) in [6.45, 7) is 0. The summed E-state index contributed by atoms with van der Waals surface area (Å²) in [5, 5.41) is 29.6. The number of carboxylic acid groups (broad SMARTS) is 4. The Morgan fingerprint density at radius 3 is 0.643 bits per heavy atom. The molecule has 0 aliphatic heterocycles. The number of carboxylic acids is 4. The van der Waals surface area contributed by atoms with Crippen LogP contribution in [0.2, 0.25) is 0 Å². The van der Waals surface area contributed by atoms with Crippen molar-refractivity contribution < 1.29 is 80.2 Å². The van der Waals surface area contributed by atoms with Gasteiger partial charge in [-0.05, 0) is 0 Å². The van der Waals surface area contributed by atoms with Crippen LogP contribution in [0.15, 0.2) is 0 Å². The zero-order valence-electron chi connectivity index (χ0n) is 9.42. The Kier molecular flexibility index (Phi) is 20.0. The largest absolute Gasteiger partial charge is 1.00 e. The molecule has 0 rings (SSSR count). The van der Waals surface area contributed by atoms with E-state index in [0.717, 1.165) is 0 Å². The molecule has 0 aromatic carbocycles. The van der Waals surface area contributed by atoms with Gasteiger partial charge in [-0.2, -0.15) is 0 Å². The molecule has 0 aliphatic carbocycles. The van der Waals surface area contributed by atoms with Crippen molar-refractivity contribution >= 4 is 23.9 Å². The first-order valence-electron chi connectivity index (χ1n) is 2.21. The third-order valence-electron chi connectivity index (χ3n) is 0.366. The first kappa shape index (κ1) is 23.1. The molecule has 0 aromatic heterocycles. The van der Waals surface area contributed by atoms with Gasteiger partial charge in [-0.25, -0.2) is 19.2 Å². The van der Waals surface area contributed by atoms with Gasteiger partial charge >= 0.3 is 61.6 Å². The molecule has 0 fully saturated rings. The van der Waals surface area contributed by atoms with Crippen molar-refractivity contribution in [3.8, 4) is 0 Å². The maximum atomic E-state index is 9.10. The van der Waals surface area contributed by atoms with E-state index in [1.165, 1.54) is 0 Å². The van der Waals surface area contributed by atoms with Crippen molar-refractivity contribution in [3.05, 3.63) is 0 Å². The van der Waals surface area contributed by atoms with E-state index >= 15 is 0 Å². The molecule has 0 saturated heterocycles. The normalized spacial score (nSPS) is 6.29. The van der Waals surface area contributed by atoms with Crippen LogP contribution in [-0.4, -0.2) is 44.3 Å². The van der Waals surface area contributed by atoms with Crippen molar-refractivity contribution in [3.63, 3.8) is 0 Å². The standard InChI is InChI=1S/2C2H2O4.2Li.2H/c2*3-1(4)2(5)6;;;;/h2*(H,3,4)(H,5,6);;;;/q;;2*+1;2*-1. The summed E-state index contributed by atoms with van der Waals surface area (Å²) in [5.74, 6) is -7.30. The van der Waals surface area contributed by atoms with Crippen LogP contribution in [0.3, 0.4) is 0 Å². The van der Waals surface area contributed by atoms with Crippen LogP contribution in [0.5, 0.6) is 0 Å². The topological polar surface area (TPSA) is 149 Å². The van der Waals surface area contributed by atoms with E-state index in [2.05, 4.69) is 0 Å². The SMILES string of the molecule is O=C(O)C(=O)O.O=C(O)C(=O)O.[H-].[H-].[Li+].[Li+]. The molecule has 0 amide bonds. The molecule has 72 valence electrons. The van der Waals surface area contributed by atoms with Crippen LogP contribution in [0.4, 0.5) is 0 Å². The van der Waals surface area contributed by atoms with Crippen LogP contribution >= 0.6 is 0 Å². The van der Waals surface area contributed by atoms with Gasteiger partial charge in [-0.15, -0.1) is 0 Å². The zero-order chi connectivity index (χ0) is 10.3. The van der Waals surface area contributed by atoms with E-state index in [9.17, 15) is 0 Å². The van der Waals surface area contributed by atoms with Crippen molar-refractivity contribution in [1.82, 2.24) is 0 Å². The average Bonchev–Trinajstić information content (AvgIpc) is 1.88. The Labute approximate surface area is 104 Å². The number of hydrogen-bond acceptors (Lipinski definition) is 4. The predicted molar refractivity (Wildman–Crippen MR) is 32.8 cm³/mol. The molecule has 14 heavy (non-hydrogen) atoms. The molecular formula is C4H6Li2O8. The number of hydrogen-bond donors (Lipinski definition) is 4. The van der Waals surface area contributed by atoms with Gasteiger partial charge < -0.3 is 23.3 Å². The van der Waals surface area contributed by atoms with Gasteiger partial charge in [-0.3, -0.25) is 0 Å². The van der Waals surface area contributed by atoms with Gasteiger partial charge in [0.05, 0.1) is 0 Å². The number of aliphatic carboxylic acids is 4. The Balaban J connectivity index is -0.0000000250. The Hall–Kier alpha value is -0.925. The second-order valence-corrected chi connectivity index (χ2v) is 1.22. The van der Waals surface area contributed by atoms with Gasteiger partial charge in [0, 0.05) is 0 Å². The van der Waals surface area contributed by atoms with Crippen molar-refractivity contribution in [1.29, 1.82) is 0 Å². The third-order valence-corrected chi connectivity index (χ3v) is 0.366. The van der Waals surface area contributed by atoms with E-state index in [0.29, 0.717) is 0 Å². The zero-order valence-corrected chi connectivity index (χ0v) is 7.42. The predicted octanol–water partition coefficient (Wildman–Crippen LogP) is -7.46. The van der Waals surface area contributed by atoms with E-state index in [1.54, 1.807) is 0 Å². The van der Waals surface area contributed by atoms with E-state index in [4.69, 9.17) is 39.6 Å². The molecular weight excluding hydrogens is 190 g/mol. The molecule has 0 aliphatic rings. The number of rotatable bonds is 0. The monoisotopic (exact) mass is 196 g/mol. The first-order valence-corrected chi connectivity index (χ1v) is 2.21. The Morgan fingerprint density at radius 1 is 0.571 bits per heavy atom. The molecule has 4 N–H and O–H groups in total. The van der Waals surface area contributed by atoms with Crippen LogP contribution in [-0.2, 0) is 19.2 Å². The van der Waals surface area contributed by atoms with E-state index < -0.39 is 23.9 Å². The summed E-state index contributed by atoms with van der Waals surface area (Å²) in [6, 6.07) is 0. The molecule has 0 spiro atoms. The van der Waals surface area contributed by atoms with Crippen molar-refractivity contribution in [2.75, 3.05) is 0 Å². The summed E-state index contributed by atoms with van der Waals surface area (Å²) in [4.78, 5) is 36.4. The molecule has 0 atom stereocenters. The van der Waals surface area contributed by atoms with Crippen LogP contribution < -0.4 is 37.7 Å². The average molecular weight is 196 g/mol. The maximum absolute atomic E-state index is 9.10. The van der Waals surface area contributed by atoms with Crippen molar-refractivity contribution in [2.45, 2.75) is 0 Å². The minimum absolute atomic E-state index is 0. The van der Waals surface area contributed by atoms with Gasteiger partial charge in [0.15, 0.2) is 0 Å².